The number of aliphatic hydroxyl groups is 2. The lowest BCUT2D eigenvalue weighted by molar-refractivity contribution is -0.123. The van der Waals surface area contributed by atoms with Crippen LogP contribution in [0.1, 0.15) is 206 Å². The minimum atomic E-state index is -0.650. The summed E-state index contributed by atoms with van der Waals surface area (Å²) in [5.74, 6) is -0.0295. The smallest absolute Gasteiger partial charge is 0.220 e. The van der Waals surface area contributed by atoms with Crippen LogP contribution in [-0.2, 0) is 4.79 Å². The summed E-state index contributed by atoms with van der Waals surface area (Å²) < 4.78 is 0. The van der Waals surface area contributed by atoms with Gasteiger partial charge in [-0.25, -0.2) is 0 Å². The van der Waals surface area contributed by atoms with E-state index in [0.29, 0.717) is 12.8 Å². The van der Waals surface area contributed by atoms with Crippen molar-refractivity contribution in [2.45, 2.75) is 219 Å². The summed E-state index contributed by atoms with van der Waals surface area (Å²) in [6.07, 6.45) is 37.2. The summed E-state index contributed by atoms with van der Waals surface area (Å²) in [5.41, 5.74) is 0. The Morgan fingerprint density at radius 2 is 0.800 bits per heavy atom. The molecule has 240 valence electrons. The molecule has 0 bridgehead atoms. The average Bonchev–Trinajstić information content (AvgIpc) is 2.96. The van der Waals surface area contributed by atoms with Gasteiger partial charge in [-0.15, -0.1) is 0 Å². The van der Waals surface area contributed by atoms with Gasteiger partial charge in [0.2, 0.25) is 5.91 Å². The van der Waals surface area contributed by atoms with Crippen molar-refractivity contribution >= 4 is 5.91 Å². The highest BCUT2D eigenvalue weighted by molar-refractivity contribution is 5.76. The third kappa shape index (κ3) is 28.9. The molecule has 0 aromatic carbocycles. The predicted octanol–water partition coefficient (Wildman–Crippen LogP) is 10.6. The summed E-state index contributed by atoms with van der Waals surface area (Å²) >= 11 is 0. The first-order chi connectivity index (χ1) is 19.7. The van der Waals surface area contributed by atoms with Crippen LogP contribution in [0.4, 0.5) is 0 Å². The molecule has 0 aliphatic heterocycles. The second kappa shape index (κ2) is 32.9. The van der Waals surface area contributed by atoms with Crippen LogP contribution < -0.4 is 5.32 Å². The van der Waals surface area contributed by atoms with Gasteiger partial charge in [0.05, 0.1) is 18.8 Å². The molecule has 2 unspecified atom stereocenters. The van der Waals surface area contributed by atoms with Gasteiger partial charge in [-0.2, -0.15) is 0 Å². The van der Waals surface area contributed by atoms with Crippen LogP contribution in [0, 0.1) is 0 Å². The van der Waals surface area contributed by atoms with E-state index >= 15 is 0 Å². The fraction of sp³-hybridized carbons (Fsp3) is 0.972. The maximum Gasteiger partial charge on any atom is 0.220 e. The molecule has 0 heterocycles. The zero-order chi connectivity index (χ0) is 29.4. The molecule has 0 saturated heterocycles. The number of hydrogen-bond donors (Lipinski definition) is 3. The van der Waals surface area contributed by atoms with Crippen LogP contribution in [0.15, 0.2) is 0 Å². The third-order valence-electron chi connectivity index (χ3n) is 8.62. The molecule has 0 aromatic rings. The molecule has 2 atom stereocenters. The van der Waals surface area contributed by atoms with E-state index in [-0.39, 0.29) is 12.5 Å². The van der Waals surface area contributed by atoms with Crippen molar-refractivity contribution in [1.29, 1.82) is 0 Å². The number of rotatable bonds is 33. The van der Waals surface area contributed by atoms with Gasteiger partial charge in [-0.3, -0.25) is 4.79 Å². The topological polar surface area (TPSA) is 69.6 Å². The van der Waals surface area contributed by atoms with Crippen molar-refractivity contribution in [2.24, 2.45) is 0 Å². The number of amides is 1. The van der Waals surface area contributed by atoms with Crippen LogP contribution in [0.25, 0.3) is 0 Å². The van der Waals surface area contributed by atoms with Crippen LogP contribution in [-0.4, -0.2) is 34.9 Å². The lowest BCUT2D eigenvalue weighted by atomic mass is 10.0. The van der Waals surface area contributed by atoms with Gasteiger partial charge in [0.25, 0.3) is 0 Å². The normalized spacial score (nSPS) is 13.0. The predicted molar refractivity (Wildman–Crippen MR) is 175 cm³/mol. The summed E-state index contributed by atoms with van der Waals surface area (Å²) in [5, 5.41) is 23.0. The van der Waals surface area contributed by atoms with E-state index in [1.165, 1.54) is 154 Å². The van der Waals surface area contributed by atoms with Gasteiger partial charge in [-0.05, 0) is 12.8 Å². The highest BCUT2D eigenvalue weighted by atomic mass is 16.3. The lowest BCUT2D eigenvalue weighted by Crippen LogP contribution is -2.45. The van der Waals surface area contributed by atoms with E-state index < -0.39 is 12.1 Å². The number of aliphatic hydroxyl groups excluding tert-OH is 2. The summed E-state index contributed by atoms with van der Waals surface area (Å²) in [7, 11) is 0. The van der Waals surface area contributed by atoms with Gasteiger partial charge < -0.3 is 15.5 Å². The fourth-order valence-electron chi connectivity index (χ4n) is 5.77. The van der Waals surface area contributed by atoms with Crippen molar-refractivity contribution < 1.29 is 15.0 Å². The minimum absolute atomic E-state index is 0.0295. The van der Waals surface area contributed by atoms with E-state index in [1.807, 2.05) is 0 Å². The van der Waals surface area contributed by atoms with Crippen LogP contribution in [0.3, 0.4) is 0 Å². The molecule has 1 amide bonds. The van der Waals surface area contributed by atoms with E-state index in [9.17, 15) is 15.0 Å². The number of nitrogens with one attached hydrogen (secondary N) is 1. The Labute approximate surface area is 251 Å². The molecule has 0 saturated carbocycles. The molecule has 3 N–H and O–H groups in total. The van der Waals surface area contributed by atoms with Crippen LogP contribution in [0.5, 0.6) is 0 Å². The number of carbonyl (C=O) groups is 1. The molecule has 0 spiro atoms. The molecule has 0 aromatic heterocycles. The van der Waals surface area contributed by atoms with Crippen LogP contribution >= 0.6 is 0 Å². The van der Waals surface area contributed by atoms with E-state index in [1.54, 1.807) is 0 Å². The number of carbonyl (C=O) groups excluding carboxylic acids is 1. The monoisotopic (exact) mass is 568 g/mol. The Hall–Kier alpha value is -0.610. The second-order valence-corrected chi connectivity index (χ2v) is 12.7. The van der Waals surface area contributed by atoms with Crippen LogP contribution in [0.2, 0.25) is 0 Å². The van der Waals surface area contributed by atoms with Crippen molar-refractivity contribution in [3.8, 4) is 0 Å². The molecule has 4 heteroatoms. The Morgan fingerprint density at radius 1 is 0.500 bits per heavy atom. The fourth-order valence-corrected chi connectivity index (χ4v) is 5.77. The maximum atomic E-state index is 12.3. The lowest BCUT2D eigenvalue weighted by Gasteiger charge is -2.22. The Balaban J connectivity index is 3.52. The largest absolute Gasteiger partial charge is 0.394 e. The average molecular weight is 568 g/mol. The highest BCUT2D eigenvalue weighted by Gasteiger charge is 2.19. The van der Waals surface area contributed by atoms with Gasteiger partial charge in [0, 0.05) is 6.42 Å². The standard InChI is InChI=1S/C36H73NO3/c1-3-5-7-9-11-13-15-17-18-19-20-22-24-26-28-30-32-36(40)37-34(33-38)35(39)31-29-27-25-23-21-16-14-12-10-8-6-4-2/h34-35,38-39H,3-33H2,1-2H3,(H,37,40). The molecule has 0 aliphatic rings. The summed E-state index contributed by atoms with van der Waals surface area (Å²) in [4.78, 5) is 12.3. The highest BCUT2D eigenvalue weighted by Crippen LogP contribution is 2.15. The van der Waals surface area contributed by atoms with E-state index in [4.69, 9.17) is 0 Å². The molecule has 0 radical (unpaired) electrons. The van der Waals surface area contributed by atoms with Crippen molar-refractivity contribution in [2.75, 3.05) is 6.61 Å². The zero-order valence-corrected chi connectivity index (χ0v) is 27.4. The van der Waals surface area contributed by atoms with E-state index in [2.05, 4.69) is 19.2 Å². The quantitative estimate of drug-likeness (QED) is 0.0691. The zero-order valence-electron chi connectivity index (χ0n) is 27.4. The van der Waals surface area contributed by atoms with Gasteiger partial charge in [0.1, 0.15) is 0 Å². The van der Waals surface area contributed by atoms with Gasteiger partial charge >= 0.3 is 0 Å². The second-order valence-electron chi connectivity index (χ2n) is 12.7. The molecular formula is C36H73NO3. The first kappa shape index (κ1) is 39.4. The number of unbranched alkanes of at least 4 members (excludes halogenated alkanes) is 26. The van der Waals surface area contributed by atoms with Crippen molar-refractivity contribution in [3.63, 3.8) is 0 Å². The minimum Gasteiger partial charge on any atom is -0.394 e. The maximum absolute atomic E-state index is 12.3. The Kier molecular flexibility index (Phi) is 32.4. The Bertz CT molecular complexity index is 498. The van der Waals surface area contributed by atoms with Gasteiger partial charge in [-0.1, -0.05) is 187 Å². The molecular weight excluding hydrogens is 494 g/mol. The third-order valence-corrected chi connectivity index (χ3v) is 8.62. The molecule has 0 rings (SSSR count). The first-order valence-corrected chi connectivity index (χ1v) is 18.2. The van der Waals surface area contributed by atoms with Crippen molar-refractivity contribution in [1.82, 2.24) is 5.32 Å². The Morgan fingerprint density at radius 3 is 1.12 bits per heavy atom. The molecule has 0 fully saturated rings. The summed E-state index contributed by atoms with van der Waals surface area (Å²) in [6.45, 7) is 4.35. The first-order valence-electron chi connectivity index (χ1n) is 18.2. The van der Waals surface area contributed by atoms with Crippen molar-refractivity contribution in [3.05, 3.63) is 0 Å². The van der Waals surface area contributed by atoms with Gasteiger partial charge in [0.15, 0.2) is 0 Å². The SMILES string of the molecule is CCCCCCCCCCCCCCCCCCC(=O)NC(CO)C(O)CCCCCCCCCCCCCC. The molecule has 0 aliphatic carbocycles. The van der Waals surface area contributed by atoms with E-state index in [0.717, 1.165) is 25.7 Å². The molecule has 40 heavy (non-hydrogen) atoms. The summed E-state index contributed by atoms with van der Waals surface area (Å²) in [6, 6.07) is -0.527. The molecule has 4 nitrogen and oxygen atoms in total. The number of hydrogen-bond acceptors (Lipinski definition) is 3.